The van der Waals surface area contributed by atoms with Crippen molar-refractivity contribution < 1.29 is 4.79 Å². The lowest BCUT2D eigenvalue weighted by Crippen LogP contribution is -2.44. The molecule has 0 aliphatic carbocycles. The number of aromatic nitrogens is 1. The van der Waals surface area contributed by atoms with Crippen LogP contribution in [0.5, 0.6) is 0 Å². The lowest BCUT2D eigenvalue weighted by Gasteiger charge is -2.28. The van der Waals surface area contributed by atoms with E-state index in [9.17, 15) is 10.1 Å². The standard InChI is InChI=1S/C23H29N5O/c1-16-13-17(2)21(18(3)14-16)26-23(29)19(4)27-9-6-10-28(12-11-27)22-20(15-24)7-5-8-25-22/h5,7-8,13-14,19H,6,9-12H2,1-4H3,(H,26,29). The molecule has 1 saturated heterocycles. The van der Waals surface area contributed by atoms with Crippen molar-refractivity contribution in [1.82, 2.24) is 9.88 Å². The number of nitriles is 1. The van der Waals surface area contributed by atoms with Gasteiger partial charge in [0, 0.05) is 38.1 Å². The fourth-order valence-corrected chi connectivity index (χ4v) is 4.04. The summed E-state index contributed by atoms with van der Waals surface area (Å²) in [5, 5.41) is 12.5. The van der Waals surface area contributed by atoms with Crippen molar-refractivity contribution in [2.24, 2.45) is 0 Å². The Morgan fingerprint density at radius 2 is 1.90 bits per heavy atom. The summed E-state index contributed by atoms with van der Waals surface area (Å²) in [4.78, 5) is 21.7. The Hall–Kier alpha value is -2.91. The van der Waals surface area contributed by atoms with Crippen molar-refractivity contribution in [2.75, 3.05) is 36.4 Å². The maximum atomic E-state index is 12.9. The second kappa shape index (κ2) is 9.06. The number of hydrogen-bond acceptors (Lipinski definition) is 5. The van der Waals surface area contributed by atoms with Crippen molar-refractivity contribution >= 4 is 17.4 Å². The minimum absolute atomic E-state index is 0.0176. The van der Waals surface area contributed by atoms with E-state index in [1.165, 1.54) is 5.56 Å². The molecule has 152 valence electrons. The molecule has 29 heavy (non-hydrogen) atoms. The van der Waals surface area contributed by atoms with Gasteiger partial charge in [0.2, 0.25) is 5.91 Å². The Morgan fingerprint density at radius 3 is 2.59 bits per heavy atom. The van der Waals surface area contributed by atoms with E-state index in [-0.39, 0.29) is 11.9 Å². The van der Waals surface area contributed by atoms with Crippen LogP contribution in [-0.2, 0) is 4.79 Å². The van der Waals surface area contributed by atoms with Gasteiger partial charge < -0.3 is 10.2 Å². The van der Waals surface area contributed by atoms with E-state index in [0.717, 1.165) is 55.2 Å². The van der Waals surface area contributed by atoms with Crippen molar-refractivity contribution in [3.8, 4) is 6.07 Å². The average molecular weight is 392 g/mol. The molecule has 0 saturated carbocycles. The summed E-state index contributed by atoms with van der Waals surface area (Å²) >= 11 is 0. The number of amides is 1. The van der Waals surface area contributed by atoms with Crippen LogP contribution in [0, 0.1) is 32.1 Å². The molecule has 0 bridgehead atoms. The van der Waals surface area contributed by atoms with Gasteiger partial charge in [-0.05, 0) is 57.4 Å². The highest BCUT2D eigenvalue weighted by Gasteiger charge is 2.25. The summed E-state index contributed by atoms with van der Waals surface area (Å²) in [5.74, 6) is 0.754. The summed E-state index contributed by atoms with van der Waals surface area (Å²) in [6, 6.07) is 9.77. The molecule has 0 spiro atoms. The number of nitrogens with zero attached hydrogens (tertiary/aromatic N) is 4. The summed E-state index contributed by atoms with van der Waals surface area (Å²) in [7, 11) is 0. The molecule has 1 amide bonds. The second-order valence-electron chi connectivity index (χ2n) is 7.80. The fourth-order valence-electron chi connectivity index (χ4n) is 4.04. The number of nitrogens with one attached hydrogen (secondary N) is 1. The lowest BCUT2D eigenvalue weighted by molar-refractivity contribution is -0.120. The zero-order valence-electron chi connectivity index (χ0n) is 17.7. The summed E-state index contributed by atoms with van der Waals surface area (Å²) in [5.41, 5.74) is 4.88. The first-order valence-corrected chi connectivity index (χ1v) is 10.1. The van der Waals surface area contributed by atoms with Crippen LogP contribution in [0.25, 0.3) is 0 Å². The molecule has 2 heterocycles. The van der Waals surface area contributed by atoms with E-state index < -0.39 is 0 Å². The van der Waals surface area contributed by atoms with Gasteiger partial charge in [0.25, 0.3) is 0 Å². The number of carbonyl (C=O) groups is 1. The summed E-state index contributed by atoms with van der Waals surface area (Å²) < 4.78 is 0. The minimum Gasteiger partial charge on any atom is -0.354 e. The molecular formula is C23H29N5O. The Bertz CT molecular complexity index is 910. The first-order valence-electron chi connectivity index (χ1n) is 10.1. The topological polar surface area (TPSA) is 72.3 Å². The highest BCUT2D eigenvalue weighted by molar-refractivity contribution is 5.96. The number of hydrogen-bond donors (Lipinski definition) is 1. The van der Waals surface area contributed by atoms with Crippen molar-refractivity contribution in [3.05, 3.63) is 52.7 Å². The molecule has 0 radical (unpaired) electrons. The number of carbonyl (C=O) groups excluding carboxylic acids is 1. The molecule has 1 unspecified atom stereocenters. The number of rotatable bonds is 4. The van der Waals surface area contributed by atoms with Crippen LogP contribution in [-0.4, -0.2) is 48.0 Å². The monoisotopic (exact) mass is 391 g/mol. The Balaban J connectivity index is 1.67. The zero-order valence-corrected chi connectivity index (χ0v) is 17.7. The van der Waals surface area contributed by atoms with Gasteiger partial charge in [-0.25, -0.2) is 4.98 Å². The Labute approximate surface area is 173 Å². The first-order chi connectivity index (χ1) is 13.9. The third-order valence-electron chi connectivity index (χ3n) is 5.59. The highest BCUT2D eigenvalue weighted by atomic mass is 16.2. The molecule has 1 N–H and O–H groups in total. The molecule has 1 aliphatic heterocycles. The third-order valence-corrected chi connectivity index (χ3v) is 5.59. The first kappa shape index (κ1) is 20.8. The van der Waals surface area contributed by atoms with Crippen LogP contribution in [0.1, 0.15) is 35.6 Å². The number of benzene rings is 1. The van der Waals surface area contributed by atoms with Crippen LogP contribution < -0.4 is 10.2 Å². The van der Waals surface area contributed by atoms with Crippen molar-refractivity contribution in [2.45, 2.75) is 40.2 Å². The molecular weight excluding hydrogens is 362 g/mol. The normalized spacial score (nSPS) is 16.0. The summed E-state index contributed by atoms with van der Waals surface area (Å²) in [6.45, 7) is 11.3. The third kappa shape index (κ3) is 4.75. The maximum absolute atomic E-state index is 12.9. The quantitative estimate of drug-likeness (QED) is 0.865. The lowest BCUT2D eigenvalue weighted by atomic mass is 10.0. The van der Waals surface area contributed by atoms with E-state index in [0.29, 0.717) is 5.56 Å². The Kier molecular flexibility index (Phi) is 6.50. The molecule has 3 rings (SSSR count). The van der Waals surface area contributed by atoms with Gasteiger partial charge in [-0.15, -0.1) is 0 Å². The van der Waals surface area contributed by atoms with E-state index in [2.05, 4.69) is 45.2 Å². The molecule has 1 aromatic heterocycles. The molecule has 1 aromatic carbocycles. The van der Waals surface area contributed by atoms with Crippen LogP contribution in [0.3, 0.4) is 0 Å². The molecule has 2 aromatic rings. The van der Waals surface area contributed by atoms with Gasteiger partial charge in [0.15, 0.2) is 0 Å². The molecule has 1 fully saturated rings. The summed E-state index contributed by atoms with van der Waals surface area (Å²) in [6.07, 6.45) is 2.64. The van der Waals surface area contributed by atoms with Crippen LogP contribution in [0.2, 0.25) is 0 Å². The SMILES string of the molecule is Cc1cc(C)c(NC(=O)C(C)N2CCCN(c3ncccc3C#N)CC2)c(C)c1. The Morgan fingerprint density at radius 1 is 1.17 bits per heavy atom. The number of aryl methyl sites for hydroxylation is 3. The van der Waals surface area contributed by atoms with Crippen LogP contribution in [0.15, 0.2) is 30.5 Å². The smallest absolute Gasteiger partial charge is 0.241 e. The molecule has 1 atom stereocenters. The van der Waals surface area contributed by atoms with E-state index >= 15 is 0 Å². The van der Waals surface area contributed by atoms with Gasteiger partial charge in [0.05, 0.1) is 11.6 Å². The van der Waals surface area contributed by atoms with Crippen molar-refractivity contribution in [1.29, 1.82) is 5.26 Å². The zero-order chi connectivity index (χ0) is 21.0. The molecule has 1 aliphatic rings. The van der Waals surface area contributed by atoms with Crippen molar-refractivity contribution in [3.63, 3.8) is 0 Å². The minimum atomic E-state index is -0.228. The second-order valence-corrected chi connectivity index (χ2v) is 7.80. The number of anilines is 2. The van der Waals surface area contributed by atoms with E-state index in [4.69, 9.17) is 0 Å². The molecule has 6 heteroatoms. The van der Waals surface area contributed by atoms with Gasteiger partial charge in [-0.2, -0.15) is 5.26 Å². The predicted molar refractivity (Wildman–Crippen MR) is 116 cm³/mol. The number of pyridine rings is 1. The fraction of sp³-hybridized carbons (Fsp3) is 0.435. The largest absolute Gasteiger partial charge is 0.354 e. The van der Waals surface area contributed by atoms with Crippen LogP contribution >= 0.6 is 0 Å². The predicted octanol–water partition coefficient (Wildman–Crippen LogP) is 3.42. The van der Waals surface area contributed by atoms with Gasteiger partial charge in [-0.1, -0.05) is 17.7 Å². The van der Waals surface area contributed by atoms with E-state index in [1.807, 2.05) is 20.8 Å². The van der Waals surface area contributed by atoms with Gasteiger partial charge in [0.1, 0.15) is 11.9 Å². The molecule has 6 nitrogen and oxygen atoms in total. The van der Waals surface area contributed by atoms with Crippen LogP contribution in [0.4, 0.5) is 11.5 Å². The highest BCUT2D eigenvalue weighted by Crippen LogP contribution is 2.23. The van der Waals surface area contributed by atoms with Gasteiger partial charge in [-0.3, -0.25) is 9.69 Å². The van der Waals surface area contributed by atoms with Gasteiger partial charge >= 0.3 is 0 Å². The maximum Gasteiger partial charge on any atom is 0.241 e. The average Bonchev–Trinajstić information content (AvgIpc) is 2.96. The van der Waals surface area contributed by atoms with E-state index in [1.54, 1.807) is 18.3 Å².